The first-order chi connectivity index (χ1) is 13.2. The molecule has 1 aliphatic rings. The van der Waals surface area contributed by atoms with Crippen molar-refractivity contribution in [2.45, 2.75) is 18.9 Å². The van der Waals surface area contributed by atoms with E-state index in [1.54, 1.807) is 12.0 Å². The zero-order valence-electron chi connectivity index (χ0n) is 15.0. The van der Waals surface area contributed by atoms with Crippen LogP contribution >= 0.6 is 0 Å². The van der Waals surface area contributed by atoms with Crippen LogP contribution in [0.1, 0.15) is 24.8 Å². The number of para-hydroxylation sites is 1. The summed E-state index contributed by atoms with van der Waals surface area (Å²) in [5, 5.41) is 7.00. The molecule has 1 aromatic heterocycles. The molecule has 7 nitrogen and oxygen atoms in total. The van der Waals surface area contributed by atoms with Crippen molar-refractivity contribution in [2.24, 2.45) is 0 Å². The largest absolute Gasteiger partial charge is 0.497 e. The molecule has 7 heteroatoms. The molecule has 0 radical (unpaired) electrons. The van der Waals surface area contributed by atoms with Crippen LogP contribution in [-0.4, -0.2) is 34.7 Å². The predicted octanol–water partition coefficient (Wildman–Crippen LogP) is 4.11. The van der Waals surface area contributed by atoms with E-state index in [0.717, 1.165) is 29.8 Å². The predicted molar refractivity (Wildman–Crippen MR) is 100 cm³/mol. The lowest BCUT2D eigenvalue weighted by Crippen LogP contribution is -2.34. The summed E-state index contributed by atoms with van der Waals surface area (Å²) in [6.07, 6.45) is 1.69. The summed E-state index contributed by atoms with van der Waals surface area (Å²) in [4.78, 5) is 18.9. The van der Waals surface area contributed by atoms with Crippen molar-refractivity contribution in [1.82, 2.24) is 15.0 Å². The summed E-state index contributed by atoms with van der Waals surface area (Å²) in [6, 6.07) is 16.5. The lowest BCUT2D eigenvalue weighted by Gasteiger charge is -2.22. The number of aromatic nitrogens is 2. The van der Waals surface area contributed by atoms with Crippen molar-refractivity contribution in [1.29, 1.82) is 0 Å². The summed E-state index contributed by atoms with van der Waals surface area (Å²) in [7, 11) is 1.62. The van der Waals surface area contributed by atoms with Gasteiger partial charge in [-0.2, -0.15) is 4.98 Å². The molecule has 1 N–H and O–H groups in total. The Morgan fingerprint density at radius 2 is 1.96 bits per heavy atom. The summed E-state index contributed by atoms with van der Waals surface area (Å²) < 4.78 is 10.6. The number of hydrogen-bond acceptors (Lipinski definition) is 5. The number of carbonyl (C=O) groups is 1. The van der Waals surface area contributed by atoms with Crippen LogP contribution in [-0.2, 0) is 0 Å². The Balaban J connectivity index is 1.50. The Hall–Kier alpha value is -3.35. The van der Waals surface area contributed by atoms with Crippen molar-refractivity contribution >= 4 is 11.7 Å². The zero-order chi connectivity index (χ0) is 18.6. The Morgan fingerprint density at radius 1 is 1.19 bits per heavy atom. The quantitative estimate of drug-likeness (QED) is 0.753. The van der Waals surface area contributed by atoms with Crippen molar-refractivity contribution < 1.29 is 14.1 Å². The van der Waals surface area contributed by atoms with Gasteiger partial charge in [0.2, 0.25) is 11.7 Å². The van der Waals surface area contributed by atoms with E-state index in [4.69, 9.17) is 9.26 Å². The molecule has 2 amide bonds. The monoisotopic (exact) mass is 364 g/mol. The number of hydrogen-bond donors (Lipinski definition) is 1. The lowest BCUT2D eigenvalue weighted by molar-refractivity contribution is 0.193. The highest BCUT2D eigenvalue weighted by molar-refractivity contribution is 5.89. The van der Waals surface area contributed by atoms with Gasteiger partial charge in [-0.3, -0.25) is 0 Å². The Bertz CT molecular complexity index is 908. The third kappa shape index (κ3) is 3.62. The van der Waals surface area contributed by atoms with Gasteiger partial charge in [-0.05, 0) is 49.2 Å². The third-order valence-electron chi connectivity index (χ3n) is 4.61. The average molecular weight is 364 g/mol. The maximum atomic E-state index is 12.7. The molecule has 3 aromatic rings. The van der Waals surface area contributed by atoms with Crippen LogP contribution in [0.25, 0.3) is 11.4 Å². The van der Waals surface area contributed by atoms with Gasteiger partial charge in [0.1, 0.15) is 11.8 Å². The number of rotatable bonds is 4. The number of amides is 2. The zero-order valence-corrected chi connectivity index (χ0v) is 15.0. The molecule has 0 bridgehead atoms. The number of methoxy groups -OCH3 is 1. The van der Waals surface area contributed by atoms with Gasteiger partial charge < -0.3 is 19.5 Å². The number of anilines is 1. The van der Waals surface area contributed by atoms with E-state index in [0.29, 0.717) is 18.3 Å². The van der Waals surface area contributed by atoms with Gasteiger partial charge in [-0.15, -0.1) is 0 Å². The fourth-order valence-electron chi connectivity index (χ4n) is 3.21. The van der Waals surface area contributed by atoms with Crippen LogP contribution in [0.2, 0.25) is 0 Å². The van der Waals surface area contributed by atoms with Gasteiger partial charge in [-0.25, -0.2) is 4.79 Å². The molecule has 1 fully saturated rings. The molecular formula is C20H20N4O3. The second kappa shape index (κ2) is 7.49. The van der Waals surface area contributed by atoms with Crippen molar-refractivity contribution in [2.75, 3.05) is 19.0 Å². The number of ether oxygens (including phenoxy) is 1. The molecule has 0 spiro atoms. The minimum Gasteiger partial charge on any atom is -0.497 e. The maximum absolute atomic E-state index is 12.7. The fourth-order valence-corrected chi connectivity index (χ4v) is 3.21. The summed E-state index contributed by atoms with van der Waals surface area (Å²) in [6.45, 7) is 0.656. The summed E-state index contributed by atoms with van der Waals surface area (Å²) in [5.41, 5.74) is 1.60. The third-order valence-corrected chi connectivity index (χ3v) is 4.61. The highest BCUT2D eigenvalue weighted by atomic mass is 16.5. The first kappa shape index (κ1) is 17.1. The fraction of sp³-hybridized carbons (Fsp3) is 0.250. The van der Waals surface area contributed by atoms with Gasteiger partial charge in [0, 0.05) is 17.8 Å². The molecular weight excluding hydrogens is 344 g/mol. The Kier molecular flexibility index (Phi) is 4.74. The van der Waals surface area contributed by atoms with E-state index < -0.39 is 0 Å². The van der Waals surface area contributed by atoms with Crippen LogP contribution in [0.3, 0.4) is 0 Å². The van der Waals surface area contributed by atoms with Crippen LogP contribution in [0.4, 0.5) is 10.5 Å². The van der Waals surface area contributed by atoms with Crippen LogP contribution in [0, 0.1) is 0 Å². The number of likely N-dealkylation sites (tertiary alicyclic amines) is 1. The van der Waals surface area contributed by atoms with E-state index in [-0.39, 0.29) is 12.1 Å². The number of nitrogens with one attached hydrogen (secondary N) is 1. The van der Waals surface area contributed by atoms with Gasteiger partial charge in [-0.1, -0.05) is 23.4 Å². The molecule has 27 heavy (non-hydrogen) atoms. The van der Waals surface area contributed by atoms with Gasteiger partial charge >= 0.3 is 6.03 Å². The molecule has 4 rings (SSSR count). The summed E-state index contributed by atoms with van der Waals surface area (Å²) in [5.74, 6) is 1.73. The Labute approximate surface area is 156 Å². The topological polar surface area (TPSA) is 80.5 Å². The standard InChI is InChI=1S/C20H20N4O3/c1-26-16-11-9-14(10-12-16)18-22-19(27-23-18)17-8-5-13-24(17)20(25)21-15-6-3-2-4-7-15/h2-4,6-7,9-12,17H,5,8,13H2,1H3,(H,21,25). The SMILES string of the molecule is COc1ccc(-c2noc(C3CCCN3C(=O)Nc3ccccc3)n2)cc1. The first-order valence-electron chi connectivity index (χ1n) is 8.85. The van der Waals surface area contributed by atoms with Crippen LogP contribution < -0.4 is 10.1 Å². The Morgan fingerprint density at radius 3 is 2.70 bits per heavy atom. The molecule has 1 saturated heterocycles. The normalized spacial score (nSPS) is 16.3. The van der Waals surface area contributed by atoms with Gasteiger partial charge in [0.15, 0.2) is 0 Å². The second-order valence-corrected chi connectivity index (χ2v) is 6.33. The molecule has 138 valence electrons. The van der Waals surface area contributed by atoms with Crippen LogP contribution in [0.5, 0.6) is 5.75 Å². The highest BCUT2D eigenvalue weighted by Gasteiger charge is 2.34. The smallest absolute Gasteiger partial charge is 0.322 e. The minimum atomic E-state index is -0.215. The molecule has 2 heterocycles. The summed E-state index contributed by atoms with van der Waals surface area (Å²) >= 11 is 0. The lowest BCUT2D eigenvalue weighted by atomic mass is 10.2. The first-order valence-corrected chi connectivity index (χ1v) is 8.85. The van der Waals surface area contributed by atoms with Crippen LogP contribution in [0.15, 0.2) is 59.1 Å². The van der Waals surface area contributed by atoms with E-state index in [1.807, 2.05) is 54.6 Å². The van der Waals surface area contributed by atoms with E-state index >= 15 is 0 Å². The maximum Gasteiger partial charge on any atom is 0.322 e. The second-order valence-electron chi connectivity index (χ2n) is 6.33. The van der Waals surface area contributed by atoms with Gasteiger partial charge in [0.25, 0.3) is 0 Å². The molecule has 2 aromatic carbocycles. The van der Waals surface area contributed by atoms with E-state index in [1.165, 1.54) is 0 Å². The number of urea groups is 1. The molecule has 1 aliphatic heterocycles. The van der Waals surface area contributed by atoms with Crippen molar-refractivity contribution in [3.63, 3.8) is 0 Å². The average Bonchev–Trinajstić information content (AvgIpc) is 3.38. The van der Waals surface area contributed by atoms with E-state index in [2.05, 4.69) is 15.5 Å². The number of carbonyl (C=O) groups excluding carboxylic acids is 1. The van der Waals surface area contributed by atoms with Crippen molar-refractivity contribution in [3.05, 3.63) is 60.5 Å². The van der Waals surface area contributed by atoms with Gasteiger partial charge in [0.05, 0.1) is 7.11 Å². The highest BCUT2D eigenvalue weighted by Crippen LogP contribution is 2.32. The minimum absolute atomic E-state index is 0.159. The van der Waals surface area contributed by atoms with Crippen molar-refractivity contribution in [3.8, 4) is 17.1 Å². The van der Waals surface area contributed by atoms with E-state index in [9.17, 15) is 4.79 Å². The number of nitrogens with zero attached hydrogens (tertiary/aromatic N) is 3. The molecule has 0 saturated carbocycles. The number of benzene rings is 2. The molecule has 1 atom stereocenters. The molecule has 0 aliphatic carbocycles. The molecule has 1 unspecified atom stereocenters.